The lowest BCUT2D eigenvalue weighted by Gasteiger charge is -2.32. The molecule has 0 saturated heterocycles. The third-order valence-corrected chi connectivity index (χ3v) is 10.8. The summed E-state index contributed by atoms with van der Waals surface area (Å²) in [5.41, 5.74) is 9.66. The van der Waals surface area contributed by atoms with Crippen molar-refractivity contribution in [2.45, 2.75) is 157 Å². The number of hydrogen-bond donors (Lipinski definition) is 1. The summed E-state index contributed by atoms with van der Waals surface area (Å²) in [5, 5.41) is 10.5. The van der Waals surface area contributed by atoms with Crippen LogP contribution in [-0.4, -0.2) is 24.3 Å². The number of carbonyl (C=O) groups excluding carboxylic acids is 1. The van der Waals surface area contributed by atoms with Gasteiger partial charge < -0.3 is 18.9 Å². The van der Waals surface area contributed by atoms with E-state index in [2.05, 4.69) is 100 Å². The minimum Gasteiger partial charge on any atom is -0.507 e. The molecule has 4 rings (SSSR count). The lowest BCUT2D eigenvalue weighted by Crippen LogP contribution is -2.19. The van der Waals surface area contributed by atoms with Crippen LogP contribution in [0.4, 0.5) is 0 Å². The van der Waals surface area contributed by atoms with Gasteiger partial charge in [0.05, 0.1) is 13.2 Å². The average Bonchev–Trinajstić information content (AvgIpc) is 3.01. The molecule has 0 radical (unpaired) electrons. The van der Waals surface area contributed by atoms with Crippen molar-refractivity contribution >= 4 is 14.6 Å². The Kier molecular flexibility index (Phi) is 13.9. The molecular formula is C45H65O6P. The number of carbonyl (C=O) groups is 1. The first-order valence-electron chi connectivity index (χ1n) is 19.3. The molecule has 1 N–H and O–H groups in total. The molecule has 0 atom stereocenters. The van der Waals surface area contributed by atoms with Crippen LogP contribution in [0.25, 0.3) is 0 Å². The molecule has 0 amide bonds. The van der Waals surface area contributed by atoms with Gasteiger partial charge in [-0.2, -0.15) is 0 Å². The molecule has 0 saturated carbocycles. The monoisotopic (exact) mass is 732 g/mol. The quantitative estimate of drug-likeness (QED) is 0.107. The predicted octanol–water partition coefficient (Wildman–Crippen LogP) is 12.3. The van der Waals surface area contributed by atoms with Gasteiger partial charge in [-0.25, -0.2) is 0 Å². The second kappa shape index (κ2) is 17.4. The van der Waals surface area contributed by atoms with E-state index in [0.29, 0.717) is 31.8 Å². The molecular weight excluding hydrogens is 667 g/mol. The van der Waals surface area contributed by atoms with Gasteiger partial charge in [-0.05, 0) is 84.1 Å². The maximum atomic E-state index is 12.4. The molecule has 3 aromatic carbocycles. The molecule has 0 fully saturated rings. The molecule has 6 nitrogen and oxygen atoms in total. The van der Waals surface area contributed by atoms with Crippen LogP contribution in [0.1, 0.15) is 157 Å². The van der Waals surface area contributed by atoms with E-state index >= 15 is 0 Å². The van der Waals surface area contributed by atoms with E-state index in [9.17, 15) is 9.90 Å². The first kappa shape index (κ1) is 41.7. The third kappa shape index (κ3) is 11.5. The Bertz CT molecular complexity index is 1620. The van der Waals surface area contributed by atoms with Crippen LogP contribution in [0.5, 0.6) is 17.2 Å². The van der Waals surface area contributed by atoms with E-state index in [4.69, 9.17) is 18.3 Å². The summed E-state index contributed by atoms with van der Waals surface area (Å²) < 4.78 is 25.4. The van der Waals surface area contributed by atoms with Crippen LogP contribution in [0.15, 0.2) is 36.4 Å². The van der Waals surface area contributed by atoms with Crippen LogP contribution in [0, 0.1) is 20.8 Å². The van der Waals surface area contributed by atoms with Crippen LogP contribution in [0.3, 0.4) is 0 Å². The van der Waals surface area contributed by atoms with Gasteiger partial charge in [0.1, 0.15) is 17.2 Å². The number of benzene rings is 3. The zero-order chi connectivity index (χ0) is 38.4. The molecule has 52 heavy (non-hydrogen) atoms. The summed E-state index contributed by atoms with van der Waals surface area (Å²) in [4.78, 5) is 12.4. The summed E-state index contributed by atoms with van der Waals surface area (Å²) >= 11 is 0. The van der Waals surface area contributed by atoms with E-state index in [-0.39, 0.29) is 22.2 Å². The molecule has 1 aliphatic heterocycles. The van der Waals surface area contributed by atoms with E-state index in [0.717, 1.165) is 73.1 Å². The summed E-state index contributed by atoms with van der Waals surface area (Å²) in [6.07, 6.45) is 7.76. The Hall–Kier alpha value is -3.08. The number of ether oxygens (including phenoxy) is 1. The Labute approximate surface area is 316 Å². The van der Waals surface area contributed by atoms with Crippen molar-refractivity contribution in [1.82, 2.24) is 0 Å². The van der Waals surface area contributed by atoms with Gasteiger partial charge in [0, 0.05) is 24.0 Å². The van der Waals surface area contributed by atoms with E-state index in [1.807, 2.05) is 19.1 Å². The number of unbranched alkanes of at least 4 members (excludes halogenated alkanes) is 5. The maximum absolute atomic E-state index is 12.4. The van der Waals surface area contributed by atoms with Gasteiger partial charge in [0.2, 0.25) is 0 Å². The standard InChI is InChI=1S/C45H65O6P/c1-30-23-34-29-35-24-31(2)26-38(45(10,11)12)42(35)51-52(50-41(34)37(25-30)44(7,8)9)49-22-18-16-14-13-15-17-21-48-39(46)20-19-33-27-32(3)40(47)36(28-33)43(4,5)6/h23-28,47H,13-22,29H2,1-12H3. The van der Waals surface area contributed by atoms with Gasteiger partial charge >= 0.3 is 14.6 Å². The van der Waals surface area contributed by atoms with Crippen molar-refractivity contribution in [1.29, 1.82) is 0 Å². The molecule has 286 valence electrons. The maximum Gasteiger partial charge on any atom is 0.463 e. The van der Waals surface area contributed by atoms with Crippen LogP contribution in [0.2, 0.25) is 0 Å². The van der Waals surface area contributed by atoms with Crippen molar-refractivity contribution in [3.8, 4) is 17.2 Å². The average molecular weight is 733 g/mol. The molecule has 0 aliphatic carbocycles. The highest BCUT2D eigenvalue weighted by Gasteiger charge is 2.33. The zero-order valence-corrected chi connectivity index (χ0v) is 35.1. The lowest BCUT2D eigenvalue weighted by atomic mass is 9.81. The van der Waals surface area contributed by atoms with Gasteiger partial charge in [-0.3, -0.25) is 9.32 Å². The smallest absolute Gasteiger partial charge is 0.463 e. The lowest BCUT2D eigenvalue weighted by molar-refractivity contribution is -0.143. The first-order chi connectivity index (χ1) is 24.2. The number of aromatic hydroxyl groups is 1. The van der Waals surface area contributed by atoms with Gasteiger partial charge in [0.15, 0.2) is 0 Å². The van der Waals surface area contributed by atoms with Gasteiger partial charge in [0.25, 0.3) is 0 Å². The second-order valence-corrected chi connectivity index (χ2v) is 19.0. The van der Waals surface area contributed by atoms with E-state index in [1.165, 1.54) is 33.4 Å². The van der Waals surface area contributed by atoms with Crippen molar-refractivity contribution in [2.75, 3.05) is 13.2 Å². The number of hydrogen-bond acceptors (Lipinski definition) is 6. The van der Waals surface area contributed by atoms with Crippen molar-refractivity contribution in [3.63, 3.8) is 0 Å². The number of fused-ring (bicyclic) bond motifs is 2. The van der Waals surface area contributed by atoms with Crippen LogP contribution >= 0.6 is 8.60 Å². The van der Waals surface area contributed by atoms with Crippen molar-refractivity contribution in [2.24, 2.45) is 0 Å². The fraction of sp³-hybridized carbons (Fsp3) is 0.578. The highest BCUT2D eigenvalue weighted by atomic mass is 31.2. The fourth-order valence-electron chi connectivity index (χ4n) is 6.84. The molecule has 1 heterocycles. The van der Waals surface area contributed by atoms with Crippen molar-refractivity contribution in [3.05, 3.63) is 86.5 Å². The fourth-order valence-corrected chi connectivity index (χ4v) is 7.99. The molecule has 0 spiro atoms. The Morgan fingerprint density at radius 1 is 0.673 bits per heavy atom. The summed E-state index contributed by atoms with van der Waals surface area (Å²) in [7, 11) is -1.66. The van der Waals surface area contributed by atoms with E-state index in [1.54, 1.807) is 0 Å². The molecule has 1 aliphatic rings. The summed E-state index contributed by atoms with van der Waals surface area (Å²) in [5.74, 6) is 1.98. The Morgan fingerprint density at radius 3 is 1.65 bits per heavy atom. The number of aryl methyl sites for hydroxylation is 4. The molecule has 0 aromatic heterocycles. The summed E-state index contributed by atoms with van der Waals surface area (Å²) in [6.45, 7) is 26.9. The minimum atomic E-state index is -1.66. The van der Waals surface area contributed by atoms with Gasteiger partial charge in [-0.15, -0.1) is 0 Å². The minimum absolute atomic E-state index is 0.0931. The number of esters is 1. The molecule has 0 unspecified atom stereocenters. The van der Waals surface area contributed by atoms with Crippen molar-refractivity contribution < 1.29 is 28.2 Å². The SMILES string of the molecule is Cc1cc2c(c(C(C)(C)C)c1)OP(OCCCCCCCCOC(=O)CCc1cc(C)c(O)c(C(C)(C)C)c1)Oc1c(cc(C)cc1C(C)(C)C)C2. The number of phenols is 1. The van der Waals surface area contributed by atoms with Gasteiger partial charge in [-0.1, -0.05) is 136 Å². The van der Waals surface area contributed by atoms with Crippen LogP contribution < -0.4 is 9.05 Å². The zero-order valence-electron chi connectivity index (χ0n) is 34.2. The predicted molar refractivity (Wildman–Crippen MR) is 215 cm³/mol. The van der Waals surface area contributed by atoms with Crippen LogP contribution in [-0.2, 0) is 43.1 Å². The second-order valence-electron chi connectivity index (χ2n) is 17.9. The first-order valence-corrected chi connectivity index (χ1v) is 20.4. The Balaban J connectivity index is 1.25. The Morgan fingerprint density at radius 2 is 1.15 bits per heavy atom. The van der Waals surface area contributed by atoms with E-state index < -0.39 is 8.60 Å². The largest absolute Gasteiger partial charge is 0.507 e. The molecule has 0 bridgehead atoms. The topological polar surface area (TPSA) is 74.2 Å². The normalized spacial score (nSPS) is 13.8. The number of rotatable bonds is 13. The molecule has 7 heteroatoms. The molecule has 3 aromatic rings. The third-order valence-electron chi connectivity index (χ3n) is 9.73. The highest BCUT2D eigenvalue weighted by molar-refractivity contribution is 7.42. The number of phenolic OH excluding ortho intramolecular Hbond substituents is 1. The summed E-state index contributed by atoms with van der Waals surface area (Å²) in [6, 6.07) is 13.0. The highest BCUT2D eigenvalue weighted by Crippen LogP contribution is 2.52.